The number of benzene rings is 3. The van der Waals surface area contributed by atoms with Crippen molar-refractivity contribution < 1.29 is 9.90 Å². The molecule has 0 heterocycles. The van der Waals surface area contributed by atoms with E-state index < -0.39 is 5.97 Å². The predicted molar refractivity (Wildman–Crippen MR) is 122 cm³/mol. The van der Waals surface area contributed by atoms with Gasteiger partial charge >= 0.3 is 5.97 Å². The maximum absolute atomic E-state index is 12.3. The summed E-state index contributed by atoms with van der Waals surface area (Å²) in [6.45, 7) is 6.09. The van der Waals surface area contributed by atoms with Gasteiger partial charge in [0.2, 0.25) is 0 Å². The van der Waals surface area contributed by atoms with Crippen LogP contribution in [0.3, 0.4) is 0 Å². The average molecular weight is 503 g/mol. The Bertz CT molecular complexity index is 945. The number of hydrogen-bond acceptors (Lipinski definition) is 2. The number of halogens is 2. The first-order valence-corrected chi connectivity index (χ1v) is 10.4. The van der Waals surface area contributed by atoms with Crippen molar-refractivity contribution >= 4 is 54.9 Å². The van der Waals surface area contributed by atoms with Gasteiger partial charge < -0.3 is 10.0 Å². The van der Waals surface area contributed by atoms with Crippen molar-refractivity contribution in [2.75, 3.05) is 4.90 Å². The molecule has 0 fully saturated rings. The lowest BCUT2D eigenvalue weighted by molar-refractivity contribution is 0.0695. The molecule has 0 saturated heterocycles. The van der Waals surface area contributed by atoms with Gasteiger partial charge in [-0.1, -0.05) is 64.8 Å². The number of anilines is 3. The number of carboxylic acid groups (broad SMARTS) is 1. The highest BCUT2D eigenvalue weighted by Crippen LogP contribution is 2.40. The molecule has 0 saturated carbocycles. The molecule has 3 rings (SSSR count). The van der Waals surface area contributed by atoms with E-state index in [1.165, 1.54) is 0 Å². The number of hydrogen-bond donors (Lipinski definition) is 1. The smallest absolute Gasteiger partial charge is 0.338 e. The number of carbonyl (C=O) groups is 1. The minimum absolute atomic E-state index is 0.297. The number of nitrogens with zero attached hydrogens (tertiary/aromatic N) is 1. The summed E-state index contributed by atoms with van der Waals surface area (Å²) in [5.74, 6) is -0.931. The second-order valence-corrected chi connectivity index (χ2v) is 9.37. The topological polar surface area (TPSA) is 40.5 Å². The Morgan fingerprint density at radius 3 is 1.68 bits per heavy atom. The van der Waals surface area contributed by atoms with Gasteiger partial charge in [-0.25, -0.2) is 4.79 Å². The van der Waals surface area contributed by atoms with Crippen LogP contribution in [-0.4, -0.2) is 11.1 Å². The SMILES string of the molecule is CC(C)(C)c1cccc(N(c2ccc(Br)cc2)c2ccc(Br)cc2)c1C(=O)O. The van der Waals surface area contributed by atoms with Gasteiger partial charge in [-0.05, 0) is 65.6 Å². The Hall–Kier alpha value is -2.11. The predicted octanol–water partition coefficient (Wildman–Crippen LogP) is 7.68. The Labute approximate surface area is 182 Å². The highest BCUT2D eigenvalue weighted by molar-refractivity contribution is 9.10. The lowest BCUT2D eigenvalue weighted by Gasteiger charge is -2.30. The molecule has 28 heavy (non-hydrogen) atoms. The first-order chi connectivity index (χ1) is 13.2. The molecule has 5 heteroatoms. The summed E-state index contributed by atoms with van der Waals surface area (Å²) in [7, 11) is 0. The van der Waals surface area contributed by atoms with Crippen LogP contribution in [-0.2, 0) is 5.41 Å². The first-order valence-electron chi connectivity index (χ1n) is 8.86. The van der Waals surface area contributed by atoms with Crippen LogP contribution in [0.25, 0.3) is 0 Å². The van der Waals surface area contributed by atoms with E-state index in [1.54, 1.807) is 0 Å². The molecule has 3 nitrogen and oxygen atoms in total. The van der Waals surface area contributed by atoms with Crippen LogP contribution in [0.2, 0.25) is 0 Å². The standard InChI is InChI=1S/C23H21Br2NO2/c1-23(2,3)19-5-4-6-20(21(19)22(27)28)26(17-11-7-15(24)8-12-17)18-13-9-16(25)10-14-18/h4-14H,1-3H3,(H,27,28). The normalized spacial score (nSPS) is 11.3. The Kier molecular flexibility index (Phi) is 5.96. The molecule has 0 spiro atoms. The minimum Gasteiger partial charge on any atom is -0.478 e. The second kappa shape index (κ2) is 8.10. The van der Waals surface area contributed by atoms with Gasteiger partial charge in [0.15, 0.2) is 0 Å². The van der Waals surface area contributed by atoms with Crippen LogP contribution >= 0.6 is 31.9 Å². The molecule has 0 aliphatic rings. The molecule has 144 valence electrons. The van der Waals surface area contributed by atoms with E-state index in [4.69, 9.17) is 0 Å². The molecule has 1 N–H and O–H groups in total. The van der Waals surface area contributed by atoms with Gasteiger partial charge in [-0.2, -0.15) is 0 Å². The van der Waals surface area contributed by atoms with Crippen LogP contribution in [0.5, 0.6) is 0 Å². The largest absolute Gasteiger partial charge is 0.478 e. The van der Waals surface area contributed by atoms with Gasteiger partial charge in [0, 0.05) is 20.3 Å². The van der Waals surface area contributed by atoms with E-state index in [9.17, 15) is 9.90 Å². The summed E-state index contributed by atoms with van der Waals surface area (Å²) in [6, 6.07) is 21.4. The number of carboxylic acids is 1. The highest BCUT2D eigenvalue weighted by Gasteiger charge is 2.27. The molecule has 3 aromatic rings. The summed E-state index contributed by atoms with van der Waals surface area (Å²) in [5.41, 5.74) is 3.25. The minimum atomic E-state index is -0.931. The Morgan fingerprint density at radius 2 is 1.29 bits per heavy atom. The first kappa shape index (κ1) is 20.6. The van der Waals surface area contributed by atoms with Crippen molar-refractivity contribution in [2.45, 2.75) is 26.2 Å². The van der Waals surface area contributed by atoms with E-state index in [1.807, 2.05) is 92.4 Å². The van der Waals surface area contributed by atoms with Crippen molar-refractivity contribution in [1.29, 1.82) is 0 Å². The van der Waals surface area contributed by atoms with Gasteiger partial charge in [0.1, 0.15) is 0 Å². The zero-order valence-corrected chi connectivity index (χ0v) is 19.1. The second-order valence-electron chi connectivity index (χ2n) is 7.54. The van der Waals surface area contributed by atoms with Crippen LogP contribution < -0.4 is 4.90 Å². The summed E-state index contributed by atoms with van der Waals surface area (Å²) in [5, 5.41) is 10.1. The lowest BCUT2D eigenvalue weighted by atomic mass is 9.83. The molecule has 0 radical (unpaired) electrons. The summed E-state index contributed by atoms with van der Waals surface area (Å²) in [4.78, 5) is 14.3. The zero-order chi connectivity index (χ0) is 20.5. The van der Waals surface area contributed by atoms with Gasteiger partial charge in [-0.15, -0.1) is 0 Å². The maximum atomic E-state index is 12.3. The fourth-order valence-electron chi connectivity index (χ4n) is 3.18. The molecule has 0 bridgehead atoms. The lowest BCUT2D eigenvalue weighted by Crippen LogP contribution is -2.21. The summed E-state index contributed by atoms with van der Waals surface area (Å²) in [6.07, 6.45) is 0. The van der Waals surface area contributed by atoms with Crippen molar-refractivity contribution in [3.8, 4) is 0 Å². The molecule has 0 aliphatic carbocycles. The summed E-state index contributed by atoms with van der Waals surface area (Å²) < 4.78 is 1.93. The quantitative estimate of drug-likeness (QED) is 0.397. The third kappa shape index (κ3) is 4.31. The third-order valence-electron chi connectivity index (χ3n) is 4.47. The van der Waals surface area contributed by atoms with Crippen LogP contribution in [0.15, 0.2) is 75.7 Å². The van der Waals surface area contributed by atoms with E-state index in [0.29, 0.717) is 11.3 Å². The molecular weight excluding hydrogens is 482 g/mol. The Balaban J connectivity index is 2.31. The molecular formula is C23H21Br2NO2. The van der Waals surface area contributed by atoms with Gasteiger partial charge in [0.05, 0.1) is 11.3 Å². The number of rotatable bonds is 4. The van der Waals surface area contributed by atoms with Crippen molar-refractivity contribution in [2.24, 2.45) is 0 Å². The summed E-state index contributed by atoms with van der Waals surface area (Å²) >= 11 is 6.95. The molecule has 0 aliphatic heterocycles. The molecule has 0 atom stereocenters. The van der Waals surface area contributed by atoms with Crippen LogP contribution in [0.1, 0.15) is 36.7 Å². The molecule has 0 aromatic heterocycles. The average Bonchev–Trinajstić information content (AvgIpc) is 2.64. The number of aromatic carboxylic acids is 1. The van der Waals surface area contributed by atoms with E-state index in [0.717, 1.165) is 25.9 Å². The molecule has 0 unspecified atom stereocenters. The maximum Gasteiger partial charge on any atom is 0.338 e. The Morgan fingerprint density at radius 1 is 0.821 bits per heavy atom. The fraction of sp³-hybridized carbons (Fsp3) is 0.174. The molecule has 3 aromatic carbocycles. The van der Waals surface area contributed by atoms with E-state index in [2.05, 4.69) is 31.9 Å². The van der Waals surface area contributed by atoms with Crippen molar-refractivity contribution in [3.05, 3.63) is 86.8 Å². The van der Waals surface area contributed by atoms with E-state index in [-0.39, 0.29) is 5.41 Å². The van der Waals surface area contributed by atoms with E-state index >= 15 is 0 Å². The van der Waals surface area contributed by atoms with Crippen LogP contribution in [0, 0.1) is 0 Å². The van der Waals surface area contributed by atoms with Crippen molar-refractivity contribution in [3.63, 3.8) is 0 Å². The van der Waals surface area contributed by atoms with Gasteiger partial charge in [-0.3, -0.25) is 0 Å². The zero-order valence-electron chi connectivity index (χ0n) is 15.9. The highest BCUT2D eigenvalue weighted by atomic mass is 79.9. The monoisotopic (exact) mass is 501 g/mol. The van der Waals surface area contributed by atoms with Gasteiger partial charge in [0.25, 0.3) is 0 Å². The fourth-order valence-corrected chi connectivity index (χ4v) is 3.71. The third-order valence-corrected chi connectivity index (χ3v) is 5.53. The van der Waals surface area contributed by atoms with Crippen LogP contribution in [0.4, 0.5) is 17.1 Å². The van der Waals surface area contributed by atoms with Crippen molar-refractivity contribution in [1.82, 2.24) is 0 Å². The molecule has 0 amide bonds.